The Hall–Kier alpha value is -4.97. The summed E-state index contributed by atoms with van der Waals surface area (Å²) in [6.45, 7) is 6.30. The van der Waals surface area contributed by atoms with E-state index in [2.05, 4.69) is 179 Å². The first-order valence-corrected chi connectivity index (χ1v) is 29.0. The summed E-state index contributed by atoms with van der Waals surface area (Å²) in [5.74, 6) is -1.03. The molecule has 73 heavy (non-hydrogen) atoms. The second-order valence-corrected chi connectivity index (χ2v) is 18.4. The second kappa shape index (κ2) is 59.6. The maximum absolute atomic E-state index is 12.8. The molecule has 0 rings (SSSR count). The van der Waals surface area contributed by atoms with Crippen molar-refractivity contribution in [3.63, 3.8) is 0 Å². The summed E-state index contributed by atoms with van der Waals surface area (Å²) in [7, 11) is 0. The Morgan fingerprint density at radius 2 is 0.548 bits per heavy atom. The fourth-order valence-electron chi connectivity index (χ4n) is 7.26. The Morgan fingerprint density at radius 3 is 0.890 bits per heavy atom. The molecular formula is C67H104O6. The van der Waals surface area contributed by atoms with Crippen LogP contribution in [0, 0.1) is 0 Å². The molecule has 0 fully saturated rings. The highest BCUT2D eigenvalue weighted by Gasteiger charge is 2.19. The van der Waals surface area contributed by atoms with Gasteiger partial charge in [-0.3, -0.25) is 14.4 Å². The standard InChI is InChI=1S/C67H104O6/c1-4-7-10-13-16-19-22-24-26-28-30-32-33-35-36-38-40-42-45-48-51-54-57-60-66(69)72-63-64(62-71-65(68)59-56-53-50-47-44-21-18-15-12-9-6-3)73-67(70)61-58-55-52-49-46-43-41-39-37-34-31-29-27-25-23-20-17-14-11-8-5-2/h7-8,10-11,16-17,19-20,24-27,30-32,34-36,39-42,46,48-49,51,64H,4-6,9,12-15,18,21-23,28-29,33,37-38,43-45,47,50,52-63H2,1-3H3/b10-7-,11-8-,19-16-,20-17-,26-24-,27-25-,32-30-,34-31-,36-35-,41-39-,42-40-,49-46-,51-48-. The first-order valence-electron chi connectivity index (χ1n) is 29.0. The lowest BCUT2D eigenvalue weighted by Crippen LogP contribution is -2.30. The minimum absolute atomic E-state index is 0.119. The van der Waals surface area contributed by atoms with Crippen molar-refractivity contribution in [1.29, 1.82) is 0 Å². The van der Waals surface area contributed by atoms with Crippen LogP contribution in [0.15, 0.2) is 158 Å². The Labute approximate surface area is 448 Å². The van der Waals surface area contributed by atoms with E-state index in [0.29, 0.717) is 19.3 Å². The van der Waals surface area contributed by atoms with E-state index in [1.807, 2.05) is 0 Å². The molecule has 0 saturated carbocycles. The molecule has 0 aromatic rings. The predicted octanol–water partition coefficient (Wildman–Crippen LogP) is 19.8. The Morgan fingerprint density at radius 1 is 0.288 bits per heavy atom. The van der Waals surface area contributed by atoms with Crippen molar-refractivity contribution in [3.05, 3.63) is 158 Å². The van der Waals surface area contributed by atoms with E-state index in [1.165, 1.54) is 51.4 Å². The predicted molar refractivity (Wildman–Crippen MR) is 315 cm³/mol. The smallest absolute Gasteiger partial charge is 0.306 e. The molecule has 0 aliphatic heterocycles. The van der Waals surface area contributed by atoms with Crippen molar-refractivity contribution >= 4 is 17.9 Å². The molecule has 0 N–H and O–H groups in total. The molecule has 0 spiro atoms. The summed E-state index contributed by atoms with van der Waals surface area (Å²) in [5.41, 5.74) is 0. The van der Waals surface area contributed by atoms with Gasteiger partial charge < -0.3 is 14.2 Å². The third-order valence-electron chi connectivity index (χ3n) is 11.5. The molecule has 0 heterocycles. The molecule has 0 bridgehead atoms. The average Bonchev–Trinajstić information content (AvgIpc) is 3.39. The number of rotatable bonds is 50. The van der Waals surface area contributed by atoms with Crippen LogP contribution in [0.2, 0.25) is 0 Å². The van der Waals surface area contributed by atoms with Gasteiger partial charge in [0, 0.05) is 19.3 Å². The number of hydrogen-bond donors (Lipinski definition) is 0. The fraction of sp³-hybridized carbons (Fsp3) is 0.567. The quantitative estimate of drug-likeness (QED) is 0.0261. The Balaban J connectivity index is 4.55. The van der Waals surface area contributed by atoms with E-state index in [1.54, 1.807) is 0 Å². The van der Waals surface area contributed by atoms with Crippen molar-refractivity contribution in [2.24, 2.45) is 0 Å². The molecule has 0 aliphatic rings. The largest absolute Gasteiger partial charge is 0.462 e. The third kappa shape index (κ3) is 57.8. The maximum Gasteiger partial charge on any atom is 0.306 e. The van der Waals surface area contributed by atoms with Crippen molar-refractivity contribution in [2.45, 2.75) is 232 Å². The normalized spacial score (nSPS) is 13.3. The molecule has 1 unspecified atom stereocenters. The minimum Gasteiger partial charge on any atom is -0.462 e. The Kier molecular flexibility index (Phi) is 55.5. The summed E-state index contributed by atoms with van der Waals surface area (Å²) >= 11 is 0. The van der Waals surface area contributed by atoms with E-state index >= 15 is 0 Å². The first-order chi connectivity index (χ1) is 36.0. The van der Waals surface area contributed by atoms with Gasteiger partial charge in [-0.05, 0) is 122 Å². The van der Waals surface area contributed by atoms with Gasteiger partial charge in [0.25, 0.3) is 0 Å². The topological polar surface area (TPSA) is 78.9 Å². The summed E-state index contributed by atoms with van der Waals surface area (Å²) in [5, 5.41) is 0. The van der Waals surface area contributed by atoms with E-state index in [-0.39, 0.29) is 44.0 Å². The number of carbonyl (C=O) groups is 3. The van der Waals surface area contributed by atoms with Crippen LogP contribution in [0.3, 0.4) is 0 Å². The number of ether oxygens (including phenoxy) is 3. The molecular weight excluding hydrogens is 901 g/mol. The van der Waals surface area contributed by atoms with Gasteiger partial charge in [0.15, 0.2) is 6.10 Å². The van der Waals surface area contributed by atoms with Crippen LogP contribution < -0.4 is 0 Å². The van der Waals surface area contributed by atoms with Crippen molar-refractivity contribution < 1.29 is 28.6 Å². The molecule has 6 nitrogen and oxygen atoms in total. The van der Waals surface area contributed by atoms with Gasteiger partial charge in [-0.1, -0.05) is 243 Å². The van der Waals surface area contributed by atoms with Crippen molar-refractivity contribution in [2.75, 3.05) is 13.2 Å². The van der Waals surface area contributed by atoms with E-state index in [0.717, 1.165) is 122 Å². The number of allylic oxidation sites excluding steroid dienone is 26. The van der Waals surface area contributed by atoms with Crippen molar-refractivity contribution in [3.8, 4) is 0 Å². The van der Waals surface area contributed by atoms with Crippen LogP contribution in [-0.2, 0) is 28.6 Å². The third-order valence-corrected chi connectivity index (χ3v) is 11.5. The van der Waals surface area contributed by atoms with Crippen LogP contribution in [0.5, 0.6) is 0 Å². The molecule has 0 radical (unpaired) electrons. The van der Waals surface area contributed by atoms with Gasteiger partial charge in [-0.25, -0.2) is 0 Å². The molecule has 0 aromatic carbocycles. The van der Waals surface area contributed by atoms with Crippen LogP contribution in [0.1, 0.15) is 226 Å². The lowest BCUT2D eigenvalue weighted by molar-refractivity contribution is -0.167. The van der Waals surface area contributed by atoms with Gasteiger partial charge in [0.05, 0.1) is 0 Å². The molecule has 0 amide bonds. The number of hydrogen-bond acceptors (Lipinski definition) is 6. The highest BCUT2D eigenvalue weighted by atomic mass is 16.6. The van der Waals surface area contributed by atoms with Crippen molar-refractivity contribution in [1.82, 2.24) is 0 Å². The van der Waals surface area contributed by atoms with Gasteiger partial charge in [-0.15, -0.1) is 0 Å². The zero-order valence-electron chi connectivity index (χ0n) is 46.6. The minimum atomic E-state index is -0.831. The Bertz CT molecular complexity index is 1670. The summed E-state index contributed by atoms with van der Waals surface area (Å²) in [6.07, 6.45) is 86.7. The zero-order chi connectivity index (χ0) is 52.9. The number of carbonyl (C=O) groups excluding carboxylic acids is 3. The maximum atomic E-state index is 12.8. The monoisotopic (exact) mass is 1000 g/mol. The number of esters is 3. The average molecular weight is 1010 g/mol. The van der Waals surface area contributed by atoms with Crippen LogP contribution >= 0.6 is 0 Å². The van der Waals surface area contributed by atoms with E-state index in [4.69, 9.17) is 14.2 Å². The molecule has 0 aliphatic carbocycles. The molecule has 0 saturated heterocycles. The van der Waals surface area contributed by atoms with Gasteiger partial charge in [-0.2, -0.15) is 0 Å². The summed E-state index contributed by atoms with van der Waals surface area (Å²) < 4.78 is 16.8. The molecule has 6 heteroatoms. The SMILES string of the molecule is CC/C=C\C/C=C\C/C=C\C/C=C\C/C=C\C/C=C\C/C=C\CCCC(=O)OCC(COC(=O)CCCCCCCCCCCCC)OC(=O)CCCC/C=C\C/C=C\C/C=C\C/C=C\C/C=C\C/C=C\CC. The molecule has 1 atom stereocenters. The van der Waals surface area contributed by atoms with Crippen LogP contribution in [-0.4, -0.2) is 37.2 Å². The summed E-state index contributed by atoms with van der Waals surface area (Å²) in [6, 6.07) is 0. The van der Waals surface area contributed by atoms with E-state index in [9.17, 15) is 14.4 Å². The van der Waals surface area contributed by atoms with Gasteiger partial charge >= 0.3 is 17.9 Å². The molecule has 0 aromatic heterocycles. The van der Waals surface area contributed by atoms with Gasteiger partial charge in [0.1, 0.15) is 13.2 Å². The number of unbranched alkanes of at least 4 members (excludes halogenated alkanes) is 13. The van der Waals surface area contributed by atoms with E-state index < -0.39 is 6.10 Å². The first kappa shape index (κ1) is 68.0. The second-order valence-electron chi connectivity index (χ2n) is 18.4. The van der Waals surface area contributed by atoms with Crippen LogP contribution in [0.25, 0.3) is 0 Å². The lowest BCUT2D eigenvalue weighted by Gasteiger charge is -2.18. The lowest BCUT2D eigenvalue weighted by atomic mass is 10.1. The summed E-state index contributed by atoms with van der Waals surface area (Å²) in [4.78, 5) is 38.1. The molecule has 408 valence electrons. The zero-order valence-corrected chi connectivity index (χ0v) is 46.6. The van der Waals surface area contributed by atoms with Crippen LogP contribution in [0.4, 0.5) is 0 Å². The fourth-order valence-corrected chi connectivity index (χ4v) is 7.26. The highest BCUT2D eigenvalue weighted by molar-refractivity contribution is 5.71. The van der Waals surface area contributed by atoms with Gasteiger partial charge in [0.2, 0.25) is 0 Å². The highest BCUT2D eigenvalue weighted by Crippen LogP contribution is 2.13.